The summed E-state index contributed by atoms with van der Waals surface area (Å²) in [5.41, 5.74) is 0.238. The molecule has 24 heavy (non-hydrogen) atoms. The van der Waals surface area contributed by atoms with E-state index < -0.39 is 17.8 Å². The number of carbonyl (C=O) groups excluding carboxylic acids is 2. The summed E-state index contributed by atoms with van der Waals surface area (Å²) in [4.78, 5) is 23.9. The van der Waals surface area contributed by atoms with E-state index in [-0.39, 0.29) is 29.1 Å². The van der Waals surface area contributed by atoms with Crippen molar-refractivity contribution < 1.29 is 19.1 Å². The second kappa shape index (κ2) is 8.24. The Bertz CT molecular complexity index is 604. The van der Waals surface area contributed by atoms with Crippen molar-refractivity contribution in [3.63, 3.8) is 0 Å². The van der Waals surface area contributed by atoms with E-state index in [1.807, 2.05) is 13.8 Å². The van der Waals surface area contributed by atoms with Crippen LogP contribution >= 0.6 is 0 Å². The number of benzene rings is 1. The Labute approximate surface area is 141 Å². The third kappa shape index (κ3) is 5.03. The molecule has 2 unspecified atom stereocenters. The molecule has 2 atom stereocenters. The first-order valence-electron chi connectivity index (χ1n) is 8.45. The third-order valence-electron chi connectivity index (χ3n) is 4.14. The molecule has 0 saturated heterocycles. The van der Waals surface area contributed by atoms with E-state index in [9.17, 15) is 19.1 Å². The monoisotopic (exact) mass is 336 g/mol. The molecule has 0 bridgehead atoms. The fourth-order valence-corrected chi connectivity index (χ4v) is 2.86. The van der Waals surface area contributed by atoms with Gasteiger partial charge in [-0.15, -0.1) is 0 Å². The van der Waals surface area contributed by atoms with Crippen LogP contribution < -0.4 is 10.6 Å². The maximum atomic E-state index is 14.1. The van der Waals surface area contributed by atoms with E-state index in [0.29, 0.717) is 12.8 Å². The number of aliphatic hydroxyl groups is 1. The minimum Gasteiger partial charge on any atom is -0.391 e. The van der Waals surface area contributed by atoms with Gasteiger partial charge in [-0.1, -0.05) is 26.7 Å². The molecule has 2 amide bonds. The van der Waals surface area contributed by atoms with E-state index >= 15 is 0 Å². The molecular weight excluding hydrogens is 311 g/mol. The number of aliphatic hydroxyl groups excluding tert-OH is 1. The lowest BCUT2D eigenvalue weighted by Crippen LogP contribution is -2.45. The van der Waals surface area contributed by atoms with Gasteiger partial charge in [-0.25, -0.2) is 4.39 Å². The second-order valence-electron chi connectivity index (χ2n) is 6.77. The number of rotatable bonds is 5. The number of hydrogen-bond acceptors (Lipinski definition) is 3. The van der Waals surface area contributed by atoms with Gasteiger partial charge < -0.3 is 15.7 Å². The van der Waals surface area contributed by atoms with Crippen LogP contribution in [0.4, 0.5) is 10.1 Å². The average Bonchev–Trinajstić information content (AvgIpc) is 2.50. The quantitative estimate of drug-likeness (QED) is 0.774. The van der Waals surface area contributed by atoms with Gasteiger partial charge in [0, 0.05) is 12.0 Å². The van der Waals surface area contributed by atoms with Crippen molar-refractivity contribution >= 4 is 17.5 Å². The molecule has 0 spiro atoms. The van der Waals surface area contributed by atoms with E-state index in [4.69, 9.17) is 0 Å². The number of halogens is 1. The lowest BCUT2D eigenvalue weighted by molar-refractivity contribution is -0.116. The van der Waals surface area contributed by atoms with E-state index in [1.165, 1.54) is 12.1 Å². The van der Waals surface area contributed by atoms with Crippen molar-refractivity contribution in [1.29, 1.82) is 0 Å². The maximum absolute atomic E-state index is 14.1. The second-order valence-corrected chi connectivity index (χ2v) is 6.77. The molecule has 1 saturated carbocycles. The van der Waals surface area contributed by atoms with Crippen molar-refractivity contribution in [3.05, 3.63) is 29.6 Å². The van der Waals surface area contributed by atoms with Crippen LogP contribution in [-0.2, 0) is 4.79 Å². The average molecular weight is 336 g/mol. The number of amides is 2. The minimum atomic E-state index is -0.649. The smallest absolute Gasteiger partial charge is 0.251 e. The van der Waals surface area contributed by atoms with Crippen LogP contribution in [0.2, 0.25) is 0 Å². The normalized spacial score (nSPS) is 20.7. The standard InChI is InChI=1S/C18H25FN2O3/c1-11(2)9-17(23)20-14-8-7-12(10-13(14)19)18(24)21-15-5-3-4-6-16(15)22/h7-8,10-11,15-16,22H,3-6,9H2,1-2H3,(H,20,23)(H,21,24). The fraction of sp³-hybridized carbons (Fsp3) is 0.556. The highest BCUT2D eigenvalue weighted by Gasteiger charge is 2.25. The summed E-state index contributed by atoms with van der Waals surface area (Å²) >= 11 is 0. The molecule has 0 aromatic heterocycles. The van der Waals surface area contributed by atoms with E-state index in [0.717, 1.165) is 25.3 Å². The lowest BCUT2D eigenvalue weighted by atomic mass is 9.92. The van der Waals surface area contributed by atoms with E-state index in [1.54, 1.807) is 0 Å². The largest absolute Gasteiger partial charge is 0.391 e. The highest BCUT2D eigenvalue weighted by atomic mass is 19.1. The van der Waals surface area contributed by atoms with Crippen LogP contribution in [0.5, 0.6) is 0 Å². The molecule has 6 heteroatoms. The first-order chi connectivity index (χ1) is 11.4. The van der Waals surface area contributed by atoms with Gasteiger partial charge in [0.1, 0.15) is 5.82 Å². The lowest BCUT2D eigenvalue weighted by Gasteiger charge is -2.28. The van der Waals surface area contributed by atoms with Gasteiger partial charge in [0.05, 0.1) is 17.8 Å². The van der Waals surface area contributed by atoms with Gasteiger partial charge in [0.15, 0.2) is 0 Å². The molecule has 3 N–H and O–H groups in total. The van der Waals surface area contributed by atoms with E-state index in [2.05, 4.69) is 10.6 Å². The topological polar surface area (TPSA) is 78.4 Å². The van der Waals surface area contributed by atoms with Gasteiger partial charge in [-0.05, 0) is 37.0 Å². The van der Waals surface area contributed by atoms with Crippen LogP contribution in [0, 0.1) is 11.7 Å². The summed E-state index contributed by atoms with van der Waals surface area (Å²) < 4.78 is 14.1. The molecule has 5 nitrogen and oxygen atoms in total. The highest BCUT2D eigenvalue weighted by Crippen LogP contribution is 2.20. The zero-order valence-corrected chi connectivity index (χ0v) is 14.1. The van der Waals surface area contributed by atoms with Crippen molar-refractivity contribution in [2.24, 2.45) is 5.92 Å². The van der Waals surface area contributed by atoms with Crippen molar-refractivity contribution in [3.8, 4) is 0 Å². The molecule has 1 aliphatic rings. The number of anilines is 1. The van der Waals surface area contributed by atoms with Crippen molar-refractivity contribution in [1.82, 2.24) is 5.32 Å². The summed E-state index contributed by atoms with van der Waals surface area (Å²) in [5.74, 6) is -1.14. The Morgan fingerprint density at radius 2 is 2.00 bits per heavy atom. The van der Waals surface area contributed by atoms with Gasteiger partial charge in [-0.2, -0.15) is 0 Å². The minimum absolute atomic E-state index is 0.0647. The van der Waals surface area contributed by atoms with Crippen molar-refractivity contribution in [2.75, 3.05) is 5.32 Å². The van der Waals surface area contributed by atoms with Crippen LogP contribution in [0.25, 0.3) is 0 Å². The third-order valence-corrected chi connectivity index (χ3v) is 4.14. The summed E-state index contributed by atoms with van der Waals surface area (Å²) in [5, 5.41) is 15.2. The Balaban J connectivity index is 2.00. The molecule has 0 heterocycles. The maximum Gasteiger partial charge on any atom is 0.251 e. The molecule has 0 radical (unpaired) electrons. The highest BCUT2D eigenvalue weighted by molar-refractivity contribution is 5.96. The Hall–Kier alpha value is -1.95. The molecule has 1 aromatic carbocycles. The van der Waals surface area contributed by atoms with Crippen LogP contribution in [0.1, 0.15) is 56.3 Å². The molecule has 132 valence electrons. The number of nitrogens with one attached hydrogen (secondary N) is 2. The summed E-state index contributed by atoms with van der Waals surface area (Å²) in [6.45, 7) is 3.81. The summed E-state index contributed by atoms with van der Waals surface area (Å²) in [7, 11) is 0. The first-order valence-corrected chi connectivity index (χ1v) is 8.45. The fourth-order valence-electron chi connectivity index (χ4n) is 2.86. The summed E-state index contributed by atoms with van der Waals surface area (Å²) in [6.07, 6.45) is 3.05. The molecule has 0 aliphatic heterocycles. The first kappa shape index (κ1) is 18.4. The van der Waals surface area contributed by atoms with Gasteiger partial charge in [0.25, 0.3) is 5.91 Å². The van der Waals surface area contributed by atoms with Gasteiger partial charge in [0.2, 0.25) is 5.91 Å². The Morgan fingerprint density at radius 1 is 1.29 bits per heavy atom. The van der Waals surface area contributed by atoms with Gasteiger partial charge in [-0.3, -0.25) is 9.59 Å². The molecular formula is C18H25FN2O3. The van der Waals surface area contributed by atoms with Crippen LogP contribution in [0.15, 0.2) is 18.2 Å². The zero-order chi connectivity index (χ0) is 17.7. The van der Waals surface area contributed by atoms with Crippen molar-refractivity contribution in [2.45, 2.75) is 58.1 Å². The van der Waals surface area contributed by atoms with Crippen LogP contribution in [-0.4, -0.2) is 29.1 Å². The summed E-state index contributed by atoms with van der Waals surface area (Å²) in [6, 6.07) is 3.67. The Kier molecular flexibility index (Phi) is 6.31. The van der Waals surface area contributed by atoms with Crippen LogP contribution in [0.3, 0.4) is 0 Å². The predicted molar refractivity (Wildman–Crippen MR) is 90.2 cm³/mol. The molecule has 2 rings (SSSR count). The molecule has 1 aliphatic carbocycles. The van der Waals surface area contributed by atoms with Gasteiger partial charge >= 0.3 is 0 Å². The molecule has 1 fully saturated rings. The number of hydrogen-bond donors (Lipinski definition) is 3. The Morgan fingerprint density at radius 3 is 2.62 bits per heavy atom. The number of carbonyl (C=O) groups is 2. The zero-order valence-electron chi connectivity index (χ0n) is 14.1. The SMILES string of the molecule is CC(C)CC(=O)Nc1ccc(C(=O)NC2CCCCC2O)cc1F. The predicted octanol–water partition coefficient (Wildman–Crippen LogP) is 2.84. The molecule has 1 aromatic rings.